The van der Waals surface area contributed by atoms with Gasteiger partial charge in [0.15, 0.2) is 0 Å². The Labute approximate surface area is 69.0 Å². The first-order chi connectivity index (χ1) is 5.31. The van der Waals surface area contributed by atoms with Gasteiger partial charge >= 0.3 is 0 Å². The molecule has 4 heteroatoms. The zero-order valence-electron chi connectivity index (χ0n) is 7.65. The molecule has 0 aliphatic rings. The Kier molecular flexibility index (Phi) is 14.1. The summed E-state index contributed by atoms with van der Waals surface area (Å²) >= 11 is 0. The van der Waals surface area contributed by atoms with E-state index in [4.69, 9.17) is 11.6 Å². The highest BCUT2D eigenvalue weighted by Gasteiger charge is 1.85. The molecule has 0 radical (unpaired) electrons. The summed E-state index contributed by atoms with van der Waals surface area (Å²) in [7, 11) is 1.88. The number of hydrogen-bond donors (Lipinski definition) is 4. The summed E-state index contributed by atoms with van der Waals surface area (Å²) in [6.45, 7) is 4.88. The van der Waals surface area contributed by atoms with E-state index in [9.17, 15) is 0 Å². The highest BCUT2D eigenvalue weighted by atomic mass is 15.2. The average Bonchev–Trinajstić information content (AvgIpc) is 2.05. The van der Waals surface area contributed by atoms with Gasteiger partial charge in [0.05, 0.1) is 0 Å². The Hall–Kier alpha value is -0.740. The van der Waals surface area contributed by atoms with Crippen LogP contribution in [0.2, 0.25) is 0 Å². The summed E-state index contributed by atoms with van der Waals surface area (Å²) in [4.78, 5) is 0. The fourth-order valence-electron chi connectivity index (χ4n) is 0.449. The molecule has 6 N–H and O–H groups in total. The zero-order valence-corrected chi connectivity index (χ0v) is 7.65. The van der Waals surface area contributed by atoms with Crippen molar-refractivity contribution in [3.63, 3.8) is 0 Å². The summed E-state index contributed by atoms with van der Waals surface area (Å²) in [5, 5.41) is 2.97. The summed E-state index contributed by atoms with van der Waals surface area (Å²) < 4.78 is 0. The maximum atomic E-state index is 5.45. The van der Waals surface area contributed by atoms with Gasteiger partial charge in [0.2, 0.25) is 0 Å². The van der Waals surface area contributed by atoms with Crippen LogP contribution in [-0.2, 0) is 0 Å². The minimum absolute atomic E-state index is 0.756. The smallest absolute Gasteiger partial charge is 0.0311 e. The molecule has 11 heavy (non-hydrogen) atoms. The lowest BCUT2D eigenvalue weighted by Gasteiger charge is -1.98. The molecule has 0 amide bonds. The van der Waals surface area contributed by atoms with E-state index in [1.165, 1.54) is 0 Å². The number of nitrogens with two attached hydrogens (primary N) is 2. The van der Waals surface area contributed by atoms with E-state index < -0.39 is 0 Å². The molecule has 0 aromatic rings. The molecule has 68 valence electrons. The summed E-state index contributed by atoms with van der Waals surface area (Å²) in [6.07, 6.45) is 2.40. The van der Waals surface area contributed by atoms with Crippen LogP contribution in [0.1, 0.15) is 20.3 Å². The molecule has 0 rings (SSSR count). The molecule has 0 aliphatic heterocycles. The molecule has 0 spiro atoms. The standard InChI is InChI=1S/C5H14N4.C2H6/c1-8-3-2-5(6)4-9-7;1-2/h4,8-9H,2-3,6-7H2,1H3;1-2H3/b5-4-;. The largest absolute Gasteiger partial charge is 0.401 e. The molecular weight excluding hydrogens is 140 g/mol. The maximum absolute atomic E-state index is 5.45. The maximum Gasteiger partial charge on any atom is 0.0311 e. The van der Waals surface area contributed by atoms with Gasteiger partial charge in [0.25, 0.3) is 0 Å². The Balaban J connectivity index is 0. The summed E-state index contributed by atoms with van der Waals surface area (Å²) in [5.74, 6) is 4.97. The van der Waals surface area contributed by atoms with E-state index >= 15 is 0 Å². The second-order valence-electron chi connectivity index (χ2n) is 1.74. The first kappa shape index (κ1) is 12.9. The monoisotopic (exact) mass is 160 g/mol. The van der Waals surface area contributed by atoms with Crippen LogP contribution in [0.25, 0.3) is 0 Å². The lowest BCUT2D eigenvalue weighted by atomic mass is 10.3. The third-order valence-corrected chi connectivity index (χ3v) is 0.932. The topological polar surface area (TPSA) is 76.1 Å². The molecule has 4 nitrogen and oxygen atoms in total. The van der Waals surface area contributed by atoms with Gasteiger partial charge in [-0.1, -0.05) is 13.8 Å². The molecule has 0 bridgehead atoms. The van der Waals surface area contributed by atoms with Gasteiger partial charge in [0.1, 0.15) is 0 Å². The third-order valence-electron chi connectivity index (χ3n) is 0.932. The zero-order chi connectivity index (χ0) is 9.11. The summed E-state index contributed by atoms with van der Waals surface area (Å²) in [6, 6.07) is 0. The lowest BCUT2D eigenvalue weighted by molar-refractivity contribution is 0.771. The minimum Gasteiger partial charge on any atom is -0.401 e. The molecular formula is C7H20N4. The van der Waals surface area contributed by atoms with Gasteiger partial charge in [-0.15, -0.1) is 0 Å². The van der Waals surface area contributed by atoms with Crippen LogP contribution < -0.4 is 22.3 Å². The Morgan fingerprint density at radius 2 is 2.00 bits per heavy atom. The van der Waals surface area contributed by atoms with Gasteiger partial charge in [-0.05, 0) is 7.05 Å². The first-order valence-electron chi connectivity index (χ1n) is 3.86. The highest BCUT2D eigenvalue weighted by molar-refractivity contribution is 4.93. The van der Waals surface area contributed by atoms with Crippen molar-refractivity contribution in [3.8, 4) is 0 Å². The van der Waals surface area contributed by atoms with E-state index in [0.717, 1.165) is 18.7 Å². The van der Waals surface area contributed by atoms with E-state index in [1.54, 1.807) is 6.20 Å². The molecule has 0 heterocycles. The Morgan fingerprint density at radius 1 is 1.45 bits per heavy atom. The van der Waals surface area contributed by atoms with Crippen molar-refractivity contribution >= 4 is 0 Å². The van der Waals surface area contributed by atoms with Crippen LogP contribution in [0.5, 0.6) is 0 Å². The van der Waals surface area contributed by atoms with Crippen molar-refractivity contribution in [2.24, 2.45) is 11.6 Å². The van der Waals surface area contributed by atoms with E-state index in [-0.39, 0.29) is 0 Å². The van der Waals surface area contributed by atoms with Crippen LogP contribution in [0.15, 0.2) is 11.9 Å². The predicted octanol–water partition coefficient (Wildman–Crippen LogP) is -0.114. The molecule has 0 aromatic carbocycles. The molecule has 0 fully saturated rings. The summed E-state index contributed by atoms with van der Waals surface area (Å²) in [5.41, 5.74) is 8.57. The van der Waals surface area contributed by atoms with Crippen LogP contribution in [-0.4, -0.2) is 13.6 Å². The van der Waals surface area contributed by atoms with Gasteiger partial charge in [-0.3, -0.25) is 5.84 Å². The fraction of sp³-hybridized carbons (Fsp3) is 0.714. The van der Waals surface area contributed by atoms with E-state index in [0.29, 0.717) is 0 Å². The van der Waals surface area contributed by atoms with Gasteiger partial charge in [-0.25, -0.2) is 0 Å². The molecule has 0 saturated carbocycles. The second-order valence-corrected chi connectivity index (χ2v) is 1.74. The first-order valence-corrected chi connectivity index (χ1v) is 3.86. The van der Waals surface area contributed by atoms with Gasteiger partial charge in [-0.2, -0.15) is 0 Å². The van der Waals surface area contributed by atoms with Crippen molar-refractivity contribution in [2.45, 2.75) is 20.3 Å². The highest BCUT2D eigenvalue weighted by Crippen LogP contribution is 1.85. The Bertz CT molecular complexity index is 90.4. The van der Waals surface area contributed by atoms with Crippen molar-refractivity contribution in [1.82, 2.24) is 10.7 Å². The molecule has 0 aliphatic carbocycles. The van der Waals surface area contributed by atoms with Crippen LogP contribution in [0.3, 0.4) is 0 Å². The molecule has 0 atom stereocenters. The van der Waals surface area contributed by atoms with Crippen LogP contribution in [0.4, 0.5) is 0 Å². The molecule has 0 saturated heterocycles. The number of hydrazine groups is 1. The van der Waals surface area contributed by atoms with E-state index in [2.05, 4.69) is 10.7 Å². The predicted molar refractivity (Wildman–Crippen MR) is 49.5 cm³/mol. The normalized spacial score (nSPS) is 10.0. The Morgan fingerprint density at radius 3 is 2.36 bits per heavy atom. The average molecular weight is 160 g/mol. The van der Waals surface area contributed by atoms with Crippen molar-refractivity contribution in [3.05, 3.63) is 11.9 Å². The van der Waals surface area contributed by atoms with E-state index in [1.807, 2.05) is 20.9 Å². The van der Waals surface area contributed by atoms with Crippen molar-refractivity contribution in [1.29, 1.82) is 0 Å². The fourth-order valence-corrected chi connectivity index (χ4v) is 0.449. The molecule has 0 unspecified atom stereocenters. The van der Waals surface area contributed by atoms with Crippen LogP contribution >= 0.6 is 0 Å². The second kappa shape index (κ2) is 12.0. The van der Waals surface area contributed by atoms with Crippen molar-refractivity contribution < 1.29 is 0 Å². The van der Waals surface area contributed by atoms with Gasteiger partial charge < -0.3 is 16.5 Å². The molecule has 0 aromatic heterocycles. The minimum atomic E-state index is 0.756. The number of hydrogen-bond acceptors (Lipinski definition) is 4. The lowest BCUT2D eigenvalue weighted by Crippen LogP contribution is -2.18. The van der Waals surface area contributed by atoms with Crippen molar-refractivity contribution in [2.75, 3.05) is 13.6 Å². The van der Waals surface area contributed by atoms with Gasteiger partial charge in [0, 0.05) is 24.9 Å². The van der Waals surface area contributed by atoms with Crippen LogP contribution in [0, 0.1) is 0 Å². The SMILES string of the molecule is CC.CNCC/C(N)=C/NN. The number of rotatable bonds is 4. The quantitative estimate of drug-likeness (QED) is 0.342. The third kappa shape index (κ3) is 12.5. The number of nitrogens with one attached hydrogen (secondary N) is 2.